The second kappa shape index (κ2) is 7.14. The fourth-order valence-electron chi connectivity index (χ4n) is 2.64. The van der Waals surface area contributed by atoms with Gasteiger partial charge in [-0.25, -0.2) is 0 Å². The minimum absolute atomic E-state index is 0.249. The lowest BCUT2D eigenvalue weighted by Gasteiger charge is -2.32. The van der Waals surface area contributed by atoms with Crippen molar-refractivity contribution in [3.05, 3.63) is 29.8 Å². The maximum absolute atomic E-state index is 12.5. The van der Waals surface area contributed by atoms with Crippen molar-refractivity contribution >= 4 is 17.7 Å². The van der Waals surface area contributed by atoms with E-state index in [2.05, 4.69) is 55.3 Å². The molecule has 1 amide bonds. The number of benzene rings is 1. The molecular formula is C16H24N2OS. The second-order valence-corrected chi connectivity index (χ2v) is 6.69. The van der Waals surface area contributed by atoms with Gasteiger partial charge in [0.15, 0.2) is 0 Å². The third kappa shape index (κ3) is 4.00. The molecule has 0 aromatic heterocycles. The van der Waals surface area contributed by atoms with Crippen LogP contribution in [0.2, 0.25) is 0 Å². The summed E-state index contributed by atoms with van der Waals surface area (Å²) in [6.07, 6.45) is 1.07. The molecule has 1 aromatic rings. The summed E-state index contributed by atoms with van der Waals surface area (Å²) in [7, 11) is 0. The van der Waals surface area contributed by atoms with Crippen LogP contribution in [0.25, 0.3) is 0 Å². The Morgan fingerprint density at radius 1 is 1.40 bits per heavy atom. The quantitative estimate of drug-likeness (QED) is 0.847. The summed E-state index contributed by atoms with van der Waals surface area (Å²) in [5, 5.41) is 3.34. The molecule has 1 aromatic carbocycles. The third-order valence-corrected chi connectivity index (χ3v) is 4.65. The Bertz CT molecular complexity index is 438. The van der Waals surface area contributed by atoms with Gasteiger partial charge in [-0.2, -0.15) is 0 Å². The van der Waals surface area contributed by atoms with Crippen LogP contribution < -0.4 is 5.32 Å². The molecule has 1 N–H and O–H groups in total. The predicted octanol–water partition coefficient (Wildman–Crippen LogP) is 2.69. The topological polar surface area (TPSA) is 32.3 Å². The van der Waals surface area contributed by atoms with Crippen molar-refractivity contribution in [3.8, 4) is 0 Å². The molecule has 4 heteroatoms. The highest BCUT2D eigenvalue weighted by Gasteiger charge is 2.28. The number of hydrogen-bond donors (Lipinski definition) is 1. The molecule has 0 radical (unpaired) electrons. The highest BCUT2D eigenvalue weighted by atomic mass is 32.2. The van der Waals surface area contributed by atoms with Crippen molar-refractivity contribution in [1.29, 1.82) is 0 Å². The van der Waals surface area contributed by atoms with Gasteiger partial charge in [-0.15, -0.1) is 11.8 Å². The summed E-state index contributed by atoms with van der Waals surface area (Å²) < 4.78 is 0. The van der Waals surface area contributed by atoms with Crippen molar-refractivity contribution < 1.29 is 4.79 Å². The smallest absolute Gasteiger partial charge is 0.233 e. The first kappa shape index (κ1) is 15.4. The van der Waals surface area contributed by atoms with Gasteiger partial charge in [0.05, 0.1) is 5.75 Å². The van der Waals surface area contributed by atoms with Crippen LogP contribution in [0.4, 0.5) is 0 Å². The van der Waals surface area contributed by atoms with E-state index in [0.29, 0.717) is 11.8 Å². The van der Waals surface area contributed by atoms with Gasteiger partial charge in [0, 0.05) is 23.5 Å². The van der Waals surface area contributed by atoms with Gasteiger partial charge >= 0.3 is 0 Å². The molecule has 1 aliphatic rings. The van der Waals surface area contributed by atoms with E-state index in [-0.39, 0.29) is 11.9 Å². The van der Waals surface area contributed by atoms with E-state index in [0.717, 1.165) is 24.4 Å². The monoisotopic (exact) mass is 292 g/mol. The van der Waals surface area contributed by atoms with E-state index in [1.54, 1.807) is 11.8 Å². The Kier molecular flexibility index (Phi) is 5.49. The van der Waals surface area contributed by atoms with Crippen molar-refractivity contribution in [2.45, 2.75) is 44.2 Å². The highest BCUT2D eigenvalue weighted by Crippen LogP contribution is 2.21. The molecule has 1 atom stereocenters. The molecule has 20 heavy (non-hydrogen) atoms. The van der Waals surface area contributed by atoms with Crippen LogP contribution in [0.3, 0.4) is 0 Å². The molecule has 1 heterocycles. The Morgan fingerprint density at radius 2 is 2.10 bits per heavy atom. The summed E-state index contributed by atoms with van der Waals surface area (Å²) in [5.41, 5.74) is 1.25. The first-order valence-electron chi connectivity index (χ1n) is 7.29. The largest absolute Gasteiger partial charge is 0.335 e. The van der Waals surface area contributed by atoms with Crippen LogP contribution >= 0.6 is 11.8 Å². The standard InChI is InChI=1S/C16H24N2OS/c1-12(2)18(14-8-9-17-10-14)16(19)11-20-15-6-4-13(3)5-7-15/h4-7,12,14,17H,8-11H2,1-3H3. The number of aryl methyl sites for hydroxylation is 1. The number of carbonyl (C=O) groups excluding carboxylic acids is 1. The number of nitrogens with zero attached hydrogens (tertiary/aromatic N) is 1. The van der Waals surface area contributed by atoms with E-state index >= 15 is 0 Å². The average Bonchev–Trinajstić information content (AvgIpc) is 2.91. The second-order valence-electron chi connectivity index (χ2n) is 5.64. The lowest BCUT2D eigenvalue weighted by atomic mass is 10.1. The molecule has 1 aliphatic heterocycles. The number of carbonyl (C=O) groups is 1. The molecular weight excluding hydrogens is 268 g/mol. The van der Waals surface area contributed by atoms with E-state index in [9.17, 15) is 4.79 Å². The SMILES string of the molecule is Cc1ccc(SCC(=O)N(C(C)C)C2CCNC2)cc1. The van der Waals surface area contributed by atoms with Gasteiger partial charge in [-0.05, 0) is 45.9 Å². The van der Waals surface area contributed by atoms with E-state index in [1.807, 2.05) is 0 Å². The van der Waals surface area contributed by atoms with Gasteiger partial charge in [0.25, 0.3) is 0 Å². The summed E-state index contributed by atoms with van der Waals surface area (Å²) in [6.45, 7) is 8.23. The molecule has 1 unspecified atom stereocenters. The first-order valence-corrected chi connectivity index (χ1v) is 8.28. The molecule has 0 saturated carbocycles. The highest BCUT2D eigenvalue weighted by molar-refractivity contribution is 8.00. The van der Waals surface area contributed by atoms with Crippen LogP contribution in [-0.4, -0.2) is 41.7 Å². The average molecular weight is 292 g/mol. The van der Waals surface area contributed by atoms with Gasteiger partial charge < -0.3 is 10.2 Å². The summed E-state index contributed by atoms with van der Waals surface area (Å²) in [6, 6.07) is 8.99. The molecule has 1 saturated heterocycles. The normalized spacial score (nSPS) is 18.5. The predicted molar refractivity (Wildman–Crippen MR) is 85.2 cm³/mol. The fourth-order valence-corrected chi connectivity index (χ4v) is 3.41. The zero-order valence-electron chi connectivity index (χ0n) is 12.6. The van der Waals surface area contributed by atoms with Gasteiger partial charge in [-0.3, -0.25) is 4.79 Å². The molecule has 0 aliphatic carbocycles. The Labute approximate surface area is 126 Å². The van der Waals surface area contributed by atoms with Gasteiger partial charge in [0.2, 0.25) is 5.91 Å². The molecule has 0 spiro atoms. The number of thioether (sulfide) groups is 1. The van der Waals surface area contributed by atoms with E-state index in [1.165, 1.54) is 5.56 Å². The van der Waals surface area contributed by atoms with Crippen LogP contribution in [0.5, 0.6) is 0 Å². The molecule has 110 valence electrons. The van der Waals surface area contributed by atoms with Crippen molar-refractivity contribution in [2.75, 3.05) is 18.8 Å². The number of nitrogens with one attached hydrogen (secondary N) is 1. The number of hydrogen-bond acceptors (Lipinski definition) is 3. The van der Waals surface area contributed by atoms with Crippen LogP contribution in [0.15, 0.2) is 29.2 Å². The van der Waals surface area contributed by atoms with Crippen LogP contribution in [-0.2, 0) is 4.79 Å². The lowest BCUT2D eigenvalue weighted by molar-refractivity contribution is -0.132. The minimum atomic E-state index is 0.249. The molecule has 3 nitrogen and oxygen atoms in total. The minimum Gasteiger partial charge on any atom is -0.335 e. The molecule has 1 fully saturated rings. The molecule has 0 bridgehead atoms. The van der Waals surface area contributed by atoms with E-state index < -0.39 is 0 Å². The van der Waals surface area contributed by atoms with Crippen molar-refractivity contribution in [1.82, 2.24) is 10.2 Å². The Hall–Kier alpha value is -1.00. The summed E-state index contributed by atoms with van der Waals surface area (Å²) in [4.78, 5) is 15.7. The number of amides is 1. The zero-order valence-corrected chi connectivity index (χ0v) is 13.4. The van der Waals surface area contributed by atoms with Crippen LogP contribution in [0.1, 0.15) is 25.8 Å². The Morgan fingerprint density at radius 3 is 2.65 bits per heavy atom. The first-order chi connectivity index (χ1) is 9.58. The van der Waals surface area contributed by atoms with Crippen molar-refractivity contribution in [3.63, 3.8) is 0 Å². The molecule has 2 rings (SSSR count). The zero-order chi connectivity index (χ0) is 14.5. The fraction of sp³-hybridized carbons (Fsp3) is 0.562. The lowest BCUT2D eigenvalue weighted by Crippen LogP contribution is -2.46. The van der Waals surface area contributed by atoms with Gasteiger partial charge in [-0.1, -0.05) is 17.7 Å². The van der Waals surface area contributed by atoms with Gasteiger partial charge in [0.1, 0.15) is 0 Å². The summed E-state index contributed by atoms with van der Waals surface area (Å²) in [5.74, 6) is 0.775. The van der Waals surface area contributed by atoms with E-state index in [4.69, 9.17) is 0 Å². The third-order valence-electron chi connectivity index (χ3n) is 3.66. The maximum atomic E-state index is 12.5. The summed E-state index contributed by atoms with van der Waals surface area (Å²) >= 11 is 1.63. The van der Waals surface area contributed by atoms with Crippen LogP contribution in [0, 0.1) is 6.92 Å². The maximum Gasteiger partial charge on any atom is 0.233 e. The Balaban J connectivity index is 1.92. The number of rotatable bonds is 5. The van der Waals surface area contributed by atoms with Crippen molar-refractivity contribution in [2.24, 2.45) is 0 Å².